The van der Waals surface area contributed by atoms with Crippen LogP contribution in [0.1, 0.15) is 42.3 Å². The molecule has 5 rings (SSSR count). The van der Waals surface area contributed by atoms with Crippen LogP contribution in [0.15, 0.2) is 71.5 Å². The first-order valence-electron chi connectivity index (χ1n) is 12.4. The third-order valence-corrected chi connectivity index (χ3v) is 7.15. The van der Waals surface area contributed by atoms with E-state index in [4.69, 9.17) is 21.3 Å². The maximum Gasteiger partial charge on any atom is 0.407 e. The lowest BCUT2D eigenvalue weighted by atomic mass is 9.98. The number of nitrogens with one attached hydrogen (secondary N) is 2. The van der Waals surface area contributed by atoms with Gasteiger partial charge in [0, 0.05) is 12.5 Å². The van der Waals surface area contributed by atoms with E-state index in [1.165, 1.54) is 11.1 Å². The summed E-state index contributed by atoms with van der Waals surface area (Å²) in [6, 6.07) is 21.1. The molecule has 1 aromatic heterocycles. The van der Waals surface area contributed by atoms with E-state index in [0.717, 1.165) is 24.1 Å². The van der Waals surface area contributed by atoms with Crippen molar-refractivity contribution in [3.8, 4) is 11.1 Å². The van der Waals surface area contributed by atoms with Gasteiger partial charge in [0.25, 0.3) is 5.56 Å². The Morgan fingerprint density at radius 3 is 2.41 bits per heavy atom. The molecule has 4 aromatic rings. The fraction of sp³-hybridized carbons (Fsp3) is 0.276. The van der Waals surface area contributed by atoms with Gasteiger partial charge in [-0.3, -0.25) is 9.36 Å². The highest BCUT2D eigenvalue weighted by molar-refractivity contribution is 6.35. The molecule has 1 aliphatic rings. The molecule has 190 valence electrons. The smallest absolute Gasteiger partial charge is 0.407 e. The fourth-order valence-corrected chi connectivity index (χ4v) is 5.33. The molecule has 1 amide bonds. The van der Waals surface area contributed by atoms with Crippen LogP contribution in [0.2, 0.25) is 5.02 Å². The Bertz CT molecular complexity index is 1470. The van der Waals surface area contributed by atoms with Gasteiger partial charge >= 0.3 is 6.09 Å². The Balaban J connectivity index is 1.36. The molecular weight excluding hydrogens is 488 g/mol. The molecule has 1 aliphatic carbocycles. The maximum absolute atomic E-state index is 13.4. The summed E-state index contributed by atoms with van der Waals surface area (Å²) in [6.07, 6.45) is 0.162. The molecule has 1 heterocycles. The predicted molar refractivity (Wildman–Crippen MR) is 146 cm³/mol. The minimum Gasteiger partial charge on any atom is -0.449 e. The van der Waals surface area contributed by atoms with Crippen LogP contribution in [0.4, 0.5) is 4.79 Å². The molecule has 0 unspecified atom stereocenters. The molecule has 0 saturated heterocycles. The summed E-state index contributed by atoms with van der Waals surface area (Å²) < 4.78 is 7.31. The minimum atomic E-state index is -0.559. The number of ether oxygens (including phenoxy) is 1. The zero-order valence-electron chi connectivity index (χ0n) is 20.8. The summed E-state index contributed by atoms with van der Waals surface area (Å²) in [5.41, 5.74) is 4.92. The Labute approximate surface area is 220 Å². The molecule has 0 aliphatic heterocycles. The van der Waals surface area contributed by atoms with Crippen molar-refractivity contribution in [2.45, 2.75) is 31.8 Å². The normalized spacial score (nSPS) is 13.3. The highest BCUT2D eigenvalue weighted by Gasteiger charge is 2.29. The molecule has 37 heavy (non-hydrogen) atoms. The van der Waals surface area contributed by atoms with E-state index in [2.05, 4.69) is 34.9 Å². The SMILES string of the molecule is CNCCCn1c([C@H](C)NC(=O)OCC2c3ccccc3-c3ccccc32)nc2cccc(Cl)c2c1=O. The number of benzene rings is 3. The molecular formula is C29H29ClN4O3. The van der Waals surface area contributed by atoms with Crippen molar-refractivity contribution >= 4 is 28.6 Å². The molecule has 1 atom stereocenters. The minimum absolute atomic E-state index is 0.0332. The second-order valence-electron chi connectivity index (χ2n) is 9.21. The number of hydrogen-bond donors (Lipinski definition) is 2. The highest BCUT2D eigenvalue weighted by Crippen LogP contribution is 2.44. The van der Waals surface area contributed by atoms with Crippen molar-refractivity contribution in [3.63, 3.8) is 0 Å². The molecule has 7 nitrogen and oxygen atoms in total. The molecule has 0 saturated carbocycles. The lowest BCUT2D eigenvalue weighted by Gasteiger charge is -2.20. The summed E-state index contributed by atoms with van der Waals surface area (Å²) in [5, 5.41) is 6.71. The average Bonchev–Trinajstić information content (AvgIpc) is 3.22. The van der Waals surface area contributed by atoms with Crippen LogP contribution in [0.3, 0.4) is 0 Å². The summed E-state index contributed by atoms with van der Waals surface area (Å²) in [7, 11) is 1.86. The Hall–Kier alpha value is -3.68. The Kier molecular flexibility index (Phi) is 7.26. The number of alkyl carbamates (subject to hydrolysis) is 1. The maximum atomic E-state index is 13.4. The van der Waals surface area contributed by atoms with Gasteiger partial charge in [-0.15, -0.1) is 0 Å². The quantitative estimate of drug-likeness (QED) is 0.312. The molecule has 3 aromatic carbocycles. The third-order valence-electron chi connectivity index (χ3n) is 6.84. The van der Waals surface area contributed by atoms with Gasteiger partial charge in [0.15, 0.2) is 0 Å². The van der Waals surface area contributed by atoms with Crippen molar-refractivity contribution in [1.82, 2.24) is 20.2 Å². The Morgan fingerprint density at radius 1 is 1.05 bits per heavy atom. The number of amides is 1. The fourth-order valence-electron chi connectivity index (χ4n) is 5.08. The lowest BCUT2D eigenvalue weighted by Crippen LogP contribution is -2.35. The van der Waals surface area contributed by atoms with E-state index in [0.29, 0.717) is 28.3 Å². The topological polar surface area (TPSA) is 85.2 Å². The Morgan fingerprint density at radius 2 is 1.73 bits per heavy atom. The lowest BCUT2D eigenvalue weighted by molar-refractivity contribution is 0.139. The van der Waals surface area contributed by atoms with Gasteiger partial charge in [-0.25, -0.2) is 9.78 Å². The van der Waals surface area contributed by atoms with Crippen LogP contribution in [-0.2, 0) is 11.3 Å². The van der Waals surface area contributed by atoms with Gasteiger partial charge in [-0.2, -0.15) is 0 Å². The standard InChI is InChI=1S/C29H29ClN4O3/c1-18(27-33-25-14-7-13-24(30)26(25)28(35)34(27)16-8-15-31-2)32-29(36)37-17-23-21-11-5-3-9-19(21)20-10-4-6-12-22(20)23/h3-7,9-14,18,23,31H,8,15-17H2,1-2H3,(H,32,36)/t18-/m0/s1. The van der Waals surface area contributed by atoms with Crippen molar-refractivity contribution < 1.29 is 9.53 Å². The van der Waals surface area contributed by atoms with Gasteiger partial charge in [0.1, 0.15) is 12.4 Å². The number of carbonyl (C=O) groups excluding carboxylic acids is 1. The van der Waals surface area contributed by atoms with Crippen molar-refractivity contribution in [2.24, 2.45) is 0 Å². The molecule has 2 N–H and O–H groups in total. The van der Waals surface area contributed by atoms with Crippen molar-refractivity contribution in [2.75, 3.05) is 20.2 Å². The van der Waals surface area contributed by atoms with Gasteiger partial charge in [0.05, 0.1) is 22.0 Å². The number of carbonyl (C=O) groups is 1. The van der Waals surface area contributed by atoms with Crippen molar-refractivity contribution in [1.29, 1.82) is 0 Å². The highest BCUT2D eigenvalue weighted by atomic mass is 35.5. The second-order valence-corrected chi connectivity index (χ2v) is 9.62. The predicted octanol–water partition coefficient (Wildman–Crippen LogP) is 5.26. The average molecular weight is 517 g/mol. The number of nitrogens with zero attached hydrogens (tertiary/aromatic N) is 2. The third kappa shape index (κ3) is 4.84. The van der Waals surface area contributed by atoms with Crippen LogP contribution in [0, 0.1) is 0 Å². The van der Waals surface area contributed by atoms with Crippen LogP contribution >= 0.6 is 11.6 Å². The summed E-state index contributed by atoms with van der Waals surface area (Å²) >= 11 is 6.33. The molecule has 8 heteroatoms. The van der Waals surface area contributed by atoms with Crippen LogP contribution in [0.25, 0.3) is 22.0 Å². The molecule has 0 spiro atoms. The number of aromatic nitrogens is 2. The zero-order valence-corrected chi connectivity index (χ0v) is 21.6. The van der Waals surface area contributed by atoms with E-state index in [1.54, 1.807) is 29.7 Å². The summed E-state index contributed by atoms with van der Waals surface area (Å²) in [5.74, 6) is 0.429. The van der Waals surface area contributed by atoms with E-state index >= 15 is 0 Å². The summed E-state index contributed by atoms with van der Waals surface area (Å²) in [6.45, 7) is 3.19. The van der Waals surface area contributed by atoms with E-state index in [9.17, 15) is 9.59 Å². The first-order valence-corrected chi connectivity index (χ1v) is 12.8. The van der Waals surface area contributed by atoms with Gasteiger partial charge < -0.3 is 15.4 Å². The molecule has 0 radical (unpaired) electrons. The van der Waals surface area contributed by atoms with E-state index < -0.39 is 12.1 Å². The first-order chi connectivity index (χ1) is 18.0. The van der Waals surface area contributed by atoms with Crippen molar-refractivity contribution in [3.05, 3.63) is 99.1 Å². The van der Waals surface area contributed by atoms with E-state index in [-0.39, 0.29) is 18.1 Å². The molecule has 0 fully saturated rings. The van der Waals surface area contributed by atoms with Gasteiger partial charge in [0.2, 0.25) is 0 Å². The van der Waals surface area contributed by atoms with E-state index in [1.807, 2.05) is 31.3 Å². The summed E-state index contributed by atoms with van der Waals surface area (Å²) in [4.78, 5) is 31.0. The van der Waals surface area contributed by atoms with Crippen LogP contribution < -0.4 is 16.2 Å². The molecule has 0 bridgehead atoms. The number of halogens is 1. The number of fused-ring (bicyclic) bond motifs is 4. The largest absolute Gasteiger partial charge is 0.449 e. The number of hydrogen-bond acceptors (Lipinski definition) is 5. The monoisotopic (exact) mass is 516 g/mol. The van der Waals surface area contributed by atoms with Crippen LogP contribution in [0.5, 0.6) is 0 Å². The van der Waals surface area contributed by atoms with Gasteiger partial charge in [-0.05, 0) is 61.3 Å². The van der Waals surface area contributed by atoms with Crippen LogP contribution in [-0.4, -0.2) is 35.8 Å². The number of rotatable bonds is 8. The zero-order chi connectivity index (χ0) is 25.9. The second kappa shape index (κ2) is 10.7. The first kappa shape index (κ1) is 25.0. The van der Waals surface area contributed by atoms with Gasteiger partial charge in [-0.1, -0.05) is 66.2 Å².